The summed E-state index contributed by atoms with van der Waals surface area (Å²) in [5.74, 6) is 1.44. The number of hydrogen-bond acceptors (Lipinski definition) is 5. The van der Waals surface area contributed by atoms with E-state index in [2.05, 4.69) is 54.4 Å². The Morgan fingerprint density at radius 1 is 0.920 bits per heavy atom. The number of fused-ring (bicyclic) bond motifs is 1. The standard InChI is InChI=1S/C17H22N6.C2H6/c1-10(2)14-15-17(22-16(21-14)11(3)4)23(9-18-15)12(5)13-6-7-19-20-8-13;1-2/h6-12H,1-5H3;1-2H3. The third-order valence-corrected chi connectivity index (χ3v) is 4.04. The van der Waals surface area contributed by atoms with Gasteiger partial charge in [0.15, 0.2) is 5.65 Å². The lowest BCUT2D eigenvalue weighted by molar-refractivity contribution is 0.641. The second-order valence-electron chi connectivity index (χ2n) is 6.45. The van der Waals surface area contributed by atoms with Crippen molar-refractivity contribution in [1.29, 1.82) is 0 Å². The number of hydrogen-bond donors (Lipinski definition) is 0. The Hall–Kier alpha value is -2.37. The van der Waals surface area contributed by atoms with Gasteiger partial charge < -0.3 is 4.57 Å². The Morgan fingerprint density at radius 3 is 2.20 bits per heavy atom. The van der Waals surface area contributed by atoms with Gasteiger partial charge in [0, 0.05) is 12.1 Å². The molecule has 0 radical (unpaired) electrons. The molecule has 134 valence electrons. The molecule has 3 aromatic rings. The molecule has 3 heterocycles. The lowest BCUT2D eigenvalue weighted by atomic mass is 10.1. The number of rotatable bonds is 4. The van der Waals surface area contributed by atoms with Crippen LogP contribution < -0.4 is 0 Å². The van der Waals surface area contributed by atoms with Crippen molar-refractivity contribution in [2.75, 3.05) is 0 Å². The molecule has 1 unspecified atom stereocenters. The molecule has 0 aliphatic heterocycles. The van der Waals surface area contributed by atoms with Crippen molar-refractivity contribution in [2.24, 2.45) is 0 Å². The Bertz CT molecular complexity index is 807. The zero-order valence-corrected chi connectivity index (χ0v) is 16.2. The highest BCUT2D eigenvalue weighted by molar-refractivity contribution is 5.74. The molecule has 0 fully saturated rings. The Labute approximate surface area is 149 Å². The van der Waals surface area contributed by atoms with Crippen molar-refractivity contribution in [3.63, 3.8) is 0 Å². The minimum absolute atomic E-state index is 0.0884. The van der Waals surface area contributed by atoms with Crippen molar-refractivity contribution < 1.29 is 0 Å². The van der Waals surface area contributed by atoms with Crippen LogP contribution in [-0.4, -0.2) is 29.7 Å². The molecule has 0 aromatic carbocycles. The first-order chi connectivity index (χ1) is 12.0. The van der Waals surface area contributed by atoms with Crippen LogP contribution >= 0.6 is 0 Å². The van der Waals surface area contributed by atoms with Crippen molar-refractivity contribution in [3.8, 4) is 0 Å². The summed E-state index contributed by atoms with van der Waals surface area (Å²) in [6.07, 6.45) is 5.34. The first-order valence-electron chi connectivity index (χ1n) is 9.00. The minimum atomic E-state index is 0.0884. The zero-order valence-electron chi connectivity index (χ0n) is 16.2. The first-order valence-corrected chi connectivity index (χ1v) is 9.00. The Morgan fingerprint density at radius 2 is 1.64 bits per heavy atom. The van der Waals surface area contributed by atoms with E-state index in [0.717, 1.165) is 28.2 Å². The zero-order chi connectivity index (χ0) is 18.6. The van der Waals surface area contributed by atoms with Crippen molar-refractivity contribution in [1.82, 2.24) is 29.7 Å². The Kier molecular flexibility index (Phi) is 6.17. The van der Waals surface area contributed by atoms with Crippen LogP contribution in [0.2, 0.25) is 0 Å². The summed E-state index contributed by atoms with van der Waals surface area (Å²) in [5.41, 5.74) is 3.86. The van der Waals surface area contributed by atoms with Crippen LogP contribution in [0.25, 0.3) is 11.2 Å². The second kappa shape index (κ2) is 8.14. The maximum Gasteiger partial charge on any atom is 0.164 e. The van der Waals surface area contributed by atoms with Gasteiger partial charge in [0.25, 0.3) is 0 Å². The molecule has 6 heteroatoms. The van der Waals surface area contributed by atoms with Crippen LogP contribution in [0.4, 0.5) is 0 Å². The van der Waals surface area contributed by atoms with Gasteiger partial charge in [-0.1, -0.05) is 41.5 Å². The summed E-state index contributed by atoms with van der Waals surface area (Å²) < 4.78 is 2.09. The molecule has 0 amide bonds. The quantitative estimate of drug-likeness (QED) is 0.699. The van der Waals surface area contributed by atoms with Gasteiger partial charge in [-0.15, -0.1) is 0 Å². The maximum absolute atomic E-state index is 4.78. The molecule has 0 saturated carbocycles. The predicted octanol–water partition coefficient (Wildman–Crippen LogP) is 4.50. The SMILES string of the molecule is CC.CC(C)c1nc(C(C)C)c2ncn(C(C)c3ccnnc3)c2n1. The fourth-order valence-corrected chi connectivity index (χ4v) is 2.61. The second-order valence-corrected chi connectivity index (χ2v) is 6.45. The molecule has 0 bridgehead atoms. The maximum atomic E-state index is 4.78. The largest absolute Gasteiger partial charge is 0.308 e. The normalized spacial score (nSPS) is 12.4. The predicted molar refractivity (Wildman–Crippen MR) is 101 cm³/mol. The molecular weight excluding hydrogens is 312 g/mol. The third-order valence-electron chi connectivity index (χ3n) is 4.04. The summed E-state index contributed by atoms with van der Waals surface area (Å²) in [6.45, 7) is 14.6. The molecule has 0 aliphatic rings. The van der Waals surface area contributed by atoms with Crippen LogP contribution in [0.1, 0.15) is 83.4 Å². The number of nitrogens with zero attached hydrogens (tertiary/aromatic N) is 6. The van der Waals surface area contributed by atoms with E-state index in [9.17, 15) is 0 Å². The van der Waals surface area contributed by atoms with Crippen LogP contribution in [0.3, 0.4) is 0 Å². The summed E-state index contributed by atoms with van der Waals surface area (Å²) in [7, 11) is 0. The van der Waals surface area contributed by atoms with Crippen LogP contribution in [0, 0.1) is 0 Å². The summed E-state index contributed by atoms with van der Waals surface area (Å²) in [4.78, 5) is 14.1. The van der Waals surface area contributed by atoms with Crippen molar-refractivity contribution >= 4 is 11.2 Å². The van der Waals surface area contributed by atoms with E-state index >= 15 is 0 Å². The molecule has 25 heavy (non-hydrogen) atoms. The first kappa shape index (κ1) is 19.0. The Balaban J connectivity index is 0.00000109. The average molecular weight is 340 g/mol. The molecule has 3 rings (SSSR count). The lowest BCUT2D eigenvalue weighted by Gasteiger charge is -2.15. The van der Waals surface area contributed by atoms with E-state index in [1.54, 1.807) is 12.4 Å². The van der Waals surface area contributed by atoms with Gasteiger partial charge in [0.2, 0.25) is 0 Å². The van der Waals surface area contributed by atoms with Gasteiger partial charge >= 0.3 is 0 Å². The van der Waals surface area contributed by atoms with E-state index < -0.39 is 0 Å². The highest BCUT2D eigenvalue weighted by Gasteiger charge is 2.19. The smallest absolute Gasteiger partial charge is 0.164 e. The molecule has 0 saturated heterocycles. The van der Waals surface area contributed by atoms with Gasteiger partial charge in [-0.25, -0.2) is 15.0 Å². The van der Waals surface area contributed by atoms with Crippen LogP contribution in [-0.2, 0) is 0 Å². The number of aromatic nitrogens is 6. The van der Waals surface area contributed by atoms with E-state index in [4.69, 9.17) is 9.97 Å². The van der Waals surface area contributed by atoms with Crippen molar-refractivity contribution in [2.45, 2.75) is 66.3 Å². The fraction of sp³-hybridized carbons (Fsp3) is 0.526. The van der Waals surface area contributed by atoms with Gasteiger partial charge in [-0.3, -0.25) is 0 Å². The van der Waals surface area contributed by atoms with Gasteiger partial charge in [-0.2, -0.15) is 10.2 Å². The summed E-state index contributed by atoms with van der Waals surface area (Å²) >= 11 is 0. The van der Waals surface area contributed by atoms with Gasteiger partial charge in [0.1, 0.15) is 11.3 Å². The molecule has 0 aliphatic carbocycles. The monoisotopic (exact) mass is 340 g/mol. The van der Waals surface area contributed by atoms with E-state index in [-0.39, 0.29) is 12.0 Å². The molecule has 6 nitrogen and oxygen atoms in total. The molecule has 0 spiro atoms. The lowest BCUT2D eigenvalue weighted by Crippen LogP contribution is -2.10. The van der Waals surface area contributed by atoms with Crippen LogP contribution in [0.5, 0.6) is 0 Å². The van der Waals surface area contributed by atoms with Crippen molar-refractivity contribution in [3.05, 3.63) is 41.9 Å². The van der Waals surface area contributed by atoms with E-state index in [0.29, 0.717) is 5.92 Å². The fourth-order valence-electron chi connectivity index (χ4n) is 2.61. The van der Waals surface area contributed by atoms with Gasteiger partial charge in [0.05, 0.1) is 24.3 Å². The molecule has 1 atom stereocenters. The summed E-state index contributed by atoms with van der Waals surface area (Å²) in [6, 6.07) is 2.06. The molecular formula is C19H28N6. The molecule has 0 N–H and O–H groups in total. The van der Waals surface area contributed by atoms with Gasteiger partial charge in [-0.05, 0) is 24.5 Å². The average Bonchev–Trinajstić information content (AvgIpc) is 3.06. The van der Waals surface area contributed by atoms with Crippen LogP contribution in [0.15, 0.2) is 24.8 Å². The highest BCUT2D eigenvalue weighted by Crippen LogP contribution is 2.27. The third kappa shape index (κ3) is 3.83. The van der Waals surface area contributed by atoms with E-state index in [1.165, 1.54) is 0 Å². The summed E-state index contributed by atoms with van der Waals surface area (Å²) in [5, 5.41) is 7.82. The minimum Gasteiger partial charge on any atom is -0.308 e. The molecule has 3 aromatic heterocycles. The topological polar surface area (TPSA) is 69.4 Å². The number of imidazole rings is 1. The highest BCUT2D eigenvalue weighted by atomic mass is 15.1. The van der Waals surface area contributed by atoms with E-state index in [1.807, 2.05) is 26.2 Å².